The van der Waals surface area contributed by atoms with Gasteiger partial charge in [0.25, 0.3) is 0 Å². The Balaban J connectivity index is 1.91. The SMILES string of the molecule is Cc1ccc(CC(O)c2csc3c(Br)cccc23)cc1C. The Hall–Kier alpha value is -1.16. The van der Waals surface area contributed by atoms with Crippen molar-refractivity contribution >= 4 is 37.4 Å². The van der Waals surface area contributed by atoms with Gasteiger partial charge in [0, 0.05) is 15.6 Å². The molecular formula is C18H17BrOS. The summed E-state index contributed by atoms with van der Waals surface area (Å²) in [5.74, 6) is 0. The van der Waals surface area contributed by atoms with Crippen molar-refractivity contribution in [3.05, 3.63) is 68.5 Å². The van der Waals surface area contributed by atoms with Crippen LogP contribution in [0, 0.1) is 13.8 Å². The summed E-state index contributed by atoms with van der Waals surface area (Å²) in [5.41, 5.74) is 4.77. The Labute approximate surface area is 137 Å². The normalized spacial score (nSPS) is 12.8. The maximum Gasteiger partial charge on any atom is 0.0844 e. The molecule has 3 rings (SSSR count). The fourth-order valence-corrected chi connectivity index (χ4v) is 4.23. The number of aliphatic hydroxyl groups is 1. The smallest absolute Gasteiger partial charge is 0.0844 e. The summed E-state index contributed by atoms with van der Waals surface area (Å²) in [6.07, 6.45) is 0.189. The van der Waals surface area contributed by atoms with Crippen molar-refractivity contribution in [3.63, 3.8) is 0 Å². The molecule has 3 aromatic rings. The second-order valence-corrected chi connectivity index (χ2v) is 7.18. The summed E-state index contributed by atoms with van der Waals surface area (Å²) in [7, 11) is 0. The predicted octanol–water partition coefficient (Wildman–Crippen LogP) is 5.56. The molecule has 0 saturated heterocycles. The number of fused-ring (bicyclic) bond motifs is 1. The second kappa shape index (κ2) is 5.91. The van der Waals surface area contributed by atoms with E-state index < -0.39 is 6.10 Å². The first-order chi connectivity index (χ1) is 10.1. The summed E-state index contributed by atoms with van der Waals surface area (Å²) in [5, 5.41) is 13.8. The Morgan fingerprint density at radius 1 is 1.14 bits per heavy atom. The highest BCUT2D eigenvalue weighted by Crippen LogP contribution is 2.36. The minimum absolute atomic E-state index is 0.463. The summed E-state index contributed by atoms with van der Waals surface area (Å²) in [6, 6.07) is 12.5. The van der Waals surface area contributed by atoms with E-state index in [1.807, 2.05) is 12.1 Å². The lowest BCUT2D eigenvalue weighted by molar-refractivity contribution is 0.180. The lowest BCUT2D eigenvalue weighted by atomic mass is 9.98. The van der Waals surface area contributed by atoms with Crippen LogP contribution in [-0.4, -0.2) is 5.11 Å². The zero-order valence-electron chi connectivity index (χ0n) is 12.1. The quantitative estimate of drug-likeness (QED) is 0.648. The third-order valence-electron chi connectivity index (χ3n) is 3.94. The Morgan fingerprint density at radius 2 is 1.95 bits per heavy atom. The van der Waals surface area contributed by atoms with Gasteiger partial charge in [-0.1, -0.05) is 30.3 Å². The van der Waals surface area contributed by atoms with Crippen molar-refractivity contribution in [1.82, 2.24) is 0 Å². The number of hydrogen-bond acceptors (Lipinski definition) is 2. The first kappa shape index (κ1) is 14.8. The van der Waals surface area contributed by atoms with Gasteiger partial charge in [-0.15, -0.1) is 11.3 Å². The first-order valence-corrected chi connectivity index (χ1v) is 8.63. The minimum Gasteiger partial charge on any atom is -0.388 e. The number of halogens is 1. The number of hydrogen-bond donors (Lipinski definition) is 1. The van der Waals surface area contributed by atoms with E-state index in [0.29, 0.717) is 6.42 Å². The third-order valence-corrected chi connectivity index (χ3v) is 5.91. The molecule has 1 atom stereocenters. The number of thiophene rings is 1. The molecule has 0 fully saturated rings. The molecule has 1 aromatic heterocycles. The topological polar surface area (TPSA) is 20.2 Å². The highest BCUT2D eigenvalue weighted by molar-refractivity contribution is 9.10. The summed E-state index contributed by atoms with van der Waals surface area (Å²) >= 11 is 5.25. The predicted molar refractivity (Wildman–Crippen MR) is 94.1 cm³/mol. The van der Waals surface area contributed by atoms with Crippen LogP contribution in [0.15, 0.2) is 46.3 Å². The fraction of sp³-hybridized carbons (Fsp3) is 0.222. The molecular weight excluding hydrogens is 344 g/mol. The van der Waals surface area contributed by atoms with Gasteiger partial charge in [0.2, 0.25) is 0 Å². The minimum atomic E-state index is -0.463. The van der Waals surface area contributed by atoms with Crippen molar-refractivity contribution in [2.24, 2.45) is 0 Å². The maximum atomic E-state index is 10.6. The molecule has 1 heterocycles. The standard InChI is InChI=1S/C18H17BrOS/c1-11-6-7-13(8-12(11)2)9-17(20)15-10-21-18-14(15)4-3-5-16(18)19/h3-8,10,17,20H,9H2,1-2H3. The first-order valence-electron chi connectivity index (χ1n) is 6.96. The molecule has 1 nitrogen and oxygen atoms in total. The van der Waals surface area contributed by atoms with Crippen LogP contribution in [0.2, 0.25) is 0 Å². The van der Waals surface area contributed by atoms with Crippen molar-refractivity contribution < 1.29 is 5.11 Å². The maximum absolute atomic E-state index is 10.6. The lowest BCUT2D eigenvalue weighted by Crippen LogP contribution is -2.01. The highest BCUT2D eigenvalue weighted by Gasteiger charge is 2.15. The van der Waals surface area contributed by atoms with E-state index in [2.05, 4.69) is 59.4 Å². The molecule has 0 saturated carbocycles. The largest absolute Gasteiger partial charge is 0.388 e. The lowest BCUT2D eigenvalue weighted by Gasteiger charge is -2.11. The van der Waals surface area contributed by atoms with Crippen LogP contribution in [0.25, 0.3) is 10.1 Å². The van der Waals surface area contributed by atoms with E-state index in [1.54, 1.807) is 11.3 Å². The van der Waals surface area contributed by atoms with Crippen LogP contribution in [0.1, 0.15) is 28.4 Å². The highest BCUT2D eigenvalue weighted by atomic mass is 79.9. The average Bonchev–Trinajstić information content (AvgIpc) is 2.88. The van der Waals surface area contributed by atoms with E-state index in [4.69, 9.17) is 0 Å². The molecule has 1 N–H and O–H groups in total. The molecule has 2 aromatic carbocycles. The Bertz CT molecular complexity index is 791. The van der Waals surface area contributed by atoms with Gasteiger partial charge in [-0.25, -0.2) is 0 Å². The van der Waals surface area contributed by atoms with Gasteiger partial charge in [0.1, 0.15) is 0 Å². The van der Waals surface area contributed by atoms with Crippen molar-refractivity contribution in [3.8, 4) is 0 Å². The fourth-order valence-electron chi connectivity index (χ4n) is 2.56. The van der Waals surface area contributed by atoms with E-state index in [1.165, 1.54) is 21.4 Å². The molecule has 1 unspecified atom stereocenters. The molecule has 0 bridgehead atoms. The van der Waals surface area contributed by atoms with Crippen molar-refractivity contribution in [2.45, 2.75) is 26.4 Å². The number of rotatable bonds is 3. The molecule has 0 aliphatic carbocycles. The zero-order chi connectivity index (χ0) is 15.0. The van der Waals surface area contributed by atoms with Gasteiger partial charge in [0.15, 0.2) is 0 Å². The zero-order valence-corrected chi connectivity index (χ0v) is 14.5. The monoisotopic (exact) mass is 360 g/mol. The van der Waals surface area contributed by atoms with Crippen LogP contribution in [-0.2, 0) is 6.42 Å². The van der Waals surface area contributed by atoms with Crippen molar-refractivity contribution in [1.29, 1.82) is 0 Å². The molecule has 108 valence electrons. The van der Waals surface area contributed by atoms with E-state index >= 15 is 0 Å². The molecule has 0 radical (unpaired) electrons. The Morgan fingerprint density at radius 3 is 2.71 bits per heavy atom. The summed E-state index contributed by atoms with van der Waals surface area (Å²) in [6.45, 7) is 4.22. The second-order valence-electron chi connectivity index (χ2n) is 5.45. The van der Waals surface area contributed by atoms with Gasteiger partial charge in [-0.3, -0.25) is 0 Å². The average molecular weight is 361 g/mol. The van der Waals surface area contributed by atoms with E-state index in [0.717, 1.165) is 15.4 Å². The molecule has 21 heavy (non-hydrogen) atoms. The van der Waals surface area contributed by atoms with Gasteiger partial charge in [-0.05, 0) is 68.9 Å². The van der Waals surface area contributed by atoms with E-state index in [-0.39, 0.29) is 0 Å². The molecule has 0 aliphatic rings. The number of benzene rings is 2. The number of aryl methyl sites for hydroxylation is 2. The van der Waals surface area contributed by atoms with E-state index in [9.17, 15) is 5.11 Å². The molecule has 3 heteroatoms. The number of aliphatic hydroxyl groups excluding tert-OH is 1. The molecule has 0 spiro atoms. The van der Waals surface area contributed by atoms with Crippen LogP contribution < -0.4 is 0 Å². The molecule has 0 aliphatic heterocycles. The van der Waals surface area contributed by atoms with Gasteiger partial charge in [-0.2, -0.15) is 0 Å². The Kier molecular flexibility index (Phi) is 4.16. The summed E-state index contributed by atoms with van der Waals surface area (Å²) < 4.78 is 2.29. The van der Waals surface area contributed by atoms with Gasteiger partial charge in [0.05, 0.1) is 6.10 Å². The molecule has 0 amide bonds. The third kappa shape index (κ3) is 2.91. The van der Waals surface area contributed by atoms with Crippen LogP contribution in [0.4, 0.5) is 0 Å². The summed E-state index contributed by atoms with van der Waals surface area (Å²) in [4.78, 5) is 0. The van der Waals surface area contributed by atoms with Crippen LogP contribution in [0.5, 0.6) is 0 Å². The van der Waals surface area contributed by atoms with Gasteiger partial charge >= 0.3 is 0 Å². The van der Waals surface area contributed by atoms with Gasteiger partial charge < -0.3 is 5.11 Å². The van der Waals surface area contributed by atoms with Crippen LogP contribution >= 0.6 is 27.3 Å². The van der Waals surface area contributed by atoms with Crippen LogP contribution in [0.3, 0.4) is 0 Å². The van der Waals surface area contributed by atoms with Crippen molar-refractivity contribution in [2.75, 3.05) is 0 Å².